The third-order valence-electron chi connectivity index (χ3n) is 5.80. The second-order valence-electron chi connectivity index (χ2n) is 8.99. The van der Waals surface area contributed by atoms with Crippen LogP contribution in [-0.4, -0.2) is 55.4 Å². The lowest BCUT2D eigenvalue weighted by molar-refractivity contribution is -0.127. The van der Waals surface area contributed by atoms with Gasteiger partial charge >= 0.3 is 6.09 Å². The van der Waals surface area contributed by atoms with Gasteiger partial charge in [-0.1, -0.05) is 13.8 Å². The molecular weight excluding hydrogens is 412 g/mol. The Morgan fingerprint density at radius 2 is 1.90 bits per heavy atom. The number of alkyl carbamates (subject to hydrolysis) is 1. The van der Waals surface area contributed by atoms with Crippen molar-refractivity contribution in [3.63, 3.8) is 0 Å². The van der Waals surface area contributed by atoms with E-state index < -0.39 is 30.0 Å². The predicted molar refractivity (Wildman–Crippen MR) is 108 cm³/mol. The first-order valence-corrected chi connectivity index (χ1v) is 10.9. The number of ether oxygens (including phenoxy) is 1. The predicted octanol–water partition coefficient (Wildman–Crippen LogP) is 2.16. The Labute approximate surface area is 181 Å². The average Bonchev–Trinajstić information content (AvgIpc) is 3.10. The standard InChI is InChI=1S/C21H33F2N3O5/c1-13(2)9-17(19(29)25-16(11-27)10-15-5-8-24-18(15)28)26-20(30)31-12-14-3-6-21(22,23)7-4-14/h11,13-17H,3-10,12H2,1-2H3,(H,24,28)(H,25,29)(H,26,30)/t15-,16-,17-/m0/s1. The quantitative estimate of drug-likeness (QED) is 0.446. The second kappa shape index (κ2) is 11.4. The van der Waals surface area contributed by atoms with Crippen molar-refractivity contribution in [3.8, 4) is 0 Å². The molecular formula is C21H33F2N3O5. The van der Waals surface area contributed by atoms with E-state index in [0.717, 1.165) is 0 Å². The van der Waals surface area contributed by atoms with Gasteiger partial charge in [-0.2, -0.15) is 0 Å². The van der Waals surface area contributed by atoms with Crippen molar-refractivity contribution in [2.45, 2.75) is 76.8 Å². The Balaban J connectivity index is 1.84. The van der Waals surface area contributed by atoms with Gasteiger partial charge in [0.15, 0.2) is 0 Å². The molecule has 3 atom stereocenters. The number of carbonyl (C=O) groups excluding carboxylic acids is 4. The van der Waals surface area contributed by atoms with Gasteiger partial charge in [-0.3, -0.25) is 9.59 Å². The molecule has 31 heavy (non-hydrogen) atoms. The highest BCUT2D eigenvalue weighted by atomic mass is 19.3. The van der Waals surface area contributed by atoms with Crippen LogP contribution in [0.2, 0.25) is 0 Å². The van der Waals surface area contributed by atoms with Gasteiger partial charge in [0, 0.05) is 25.3 Å². The van der Waals surface area contributed by atoms with Crippen LogP contribution >= 0.6 is 0 Å². The largest absolute Gasteiger partial charge is 0.449 e. The topological polar surface area (TPSA) is 114 Å². The van der Waals surface area contributed by atoms with Crippen LogP contribution in [0.4, 0.5) is 13.6 Å². The second-order valence-corrected chi connectivity index (χ2v) is 8.99. The van der Waals surface area contributed by atoms with Gasteiger partial charge in [-0.25, -0.2) is 13.6 Å². The van der Waals surface area contributed by atoms with E-state index >= 15 is 0 Å². The summed E-state index contributed by atoms with van der Waals surface area (Å²) in [6.07, 6.45) is 1.06. The molecule has 0 aromatic heterocycles. The highest BCUT2D eigenvalue weighted by Gasteiger charge is 2.35. The molecule has 2 aliphatic rings. The minimum Gasteiger partial charge on any atom is -0.449 e. The number of alkyl halides is 2. The molecule has 0 spiro atoms. The van der Waals surface area contributed by atoms with Crippen molar-refractivity contribution < 1.29 is 32.7 Å². The fraction of sp³-hybridized carbons (Fsp3) is 0.810. The maximum atomic E-state index is 13.2. The number of rotatable bonds is 10. The van der Waals surface area contributed by atoms with E-state index in [1.807, 2.05) is 13.8 Å². The summed E-state index contributed by atoms with van der Waals surface area (Å²) in [5.74, 6) is -3.69. The molecule has 1 saturated heterocycles. The smallest absolute Gasteiger partial charge is 0.407 e. The first-order chi connectivity index (χ1) is 14.6. The number of halogens is 2. The average molecular weight is 446 g/mol. The summed E-state index contributed by atoms with van der Waals surface area (Å²) in [5.41, 5.74) is 0. The van der Waals surface area contributed by atoms with Crippen LogP contribution < -0.4 is 16.0 Å². The van der Waals surface area contributed by atoms with Gasteiger partial charge in [0.05, 0.1) is 12.6 Å². The summed E-state index contributed by atoms with van der Waals surface area (Å²) in [5, 5.41) is 7.81. The molecule has 0 aromatic rings. The van der Waals surface area contributed by atoms with Crippen LogP contribution in [-0.2, 0) is 19.1 Å². The van der Waals surface area contributed by atoms with Crippen LogP contribution in [0.25, 0.3) is 0 Å². The zero-order chi connectivity index (χ0) is 23.0. The monoisotopic (exact) mass is 445 g/mol. The highest BCUT2D eigenvalue weighted by Crippen LogP contribution is 2.36. The van der Waals surface area contributed by atoms with Crippen LogP contribution in [0.5, 0.6) is 0 Å². The zero-order valence-corrected chi connectivity index (χ0v) is 18.1. The molecule has 3 N–H and O–H groups in total. The van der Waals surface area contributed by atoms with Crippen molar-refractivity contribution >= 4 is 24.2 Å². The molecule has 3 amide bonds. The van der Waals surface area contributed by atoms with E-state index in [2.05, 4.69) is 16.0 Å². The van der Waals surface area contributed by atoms with Crippen molar-refractivity contribution in [2.75, 3.05) is 13.2 Å². The van der Waals surface area contributed by atoms with Crippen LogP contribution in [0.1, 0.15) is 58.8 Å². The Bertz CT molecular complexity index is 649. The SMILES string of the molecule is CC(C)C[C@H](NC(=O)OCC1CCC(F)(F)CC1)C(=O)N[C@H](C=O)C[C@@H]1CCNC1=O. The lowest BCUT2D eigenvalue weighted by atomic mass is 9.87. The molecule has 0 bridgehead atoms. The number of amides is 3. The summed E-state index contributed by atoms with van der Waals surface area (Å²) in [6, 6.07) is -1.75. The number of hydrogen-bond donors (Lipinski definition) is 3. The van der Waals surface area contributed by atoms with Gasteiger partial charge in [-0.05, 0) is 43.9 Å². The maximum Gasteiger partial charge on any atom is 0.407 e. The fourth-order valence-electron chi connectivity index (χ4n) is 3.96. The van der Waals surface area contributed by atoms with E-state index in [0.29, 0.717) is 25.7 Å². The molecule has 1 aliphatic heterocycles. The van der Waals surface area contributed by atoms with Crippen molar-refractivity contribution in [1.82, 2.24) is 16.0 Å². The Hall–Kier alpha value is -2.26. The first-order valence-electron chi connectivity index (χ1n) is 10.9. The zero-order valence-electron chi connectivity index (χ0n) is 18.1. The number of carbonyl (C=O) groups is 4. The normalized spacial score (nSPS) is 23.0. The molecule has 1 aliphatic carbocycles. The van der Waals surface area contributed by atoms with Crippen molar-refractivity contribution in [2.24, 2.45) is 17.8 Å². The Morgan fingerprint density at radius 3 is 2.45 bits per heavy atom. The molecule has 2 rings (SSSR count). The van der Waals surface area contributed by atoms with Crippen LogP contribution in [0.3, 0.4) is 0 Å². The van der Waals surface area contributed by atoms with E-state index in [-0.39, 0.29) is 62.4 Å². The van der Waals surface area contributed by atoms with E-state index in [4.69, 9.17) is 4.74 Å². The van der Waals surface area contributed by atoms with Crippen LogP contribution in [0.15, 0.2) is 0 Å². The van der Waals surface area contributed by atoms with E-state index in [1.54, 1.807) is 0 Å². The minimum atomic E-state index is -2.65. The lowest BCUT2D eigenvalue weighted by Gasteiger charge is -2.28. The van der Waals surface area contributed by atoms with Gasteiger partial charge in [0.25, 0.3) is 0 Å². The van der Waals surface area contributed by atoms with Crippen molar-refractivity contribution in [3.05, 3.63) is 0 Å². The fourth-order valence-corrected chi connectivity index (χ4v) is 3.96. The van der Waals surface area contributed by atoms with Gasteiger partial charge in [0.1, 0.15) is 12.3 Å². The molecule has 0 radical (unpaired) electrons. The summed E-state index contributed by atoms with van der Waals surface area (Å²) >= 11 is 0. The lowest BCUT2D eigenvalue weighted by Crippen LogP contribution is -2.51. The Morgan fingerprint density at radius 1 is 1.23 bits per heavy atom. The van der Waals surface area contributed by atoms with Gasteiger partial charge < -0.3 is 25.5 Å². The summed E-state index contributed by atoms with van der Waals surface area (Å²) < 4.78 is 31.6. The van der Waals surface area contributed by atoms with E-state index in [1.165, 1.54) is 0 Å². The Kier molecular flexibility index (Phi) is 9.18. The maximum absolute atomic E-state index is 13.2. The van der Waals surface area contributed by atoms with Crippen molar-refractivity contribution in [1.29, 1.82) is 0 Å². The summed E-state index contributed by atoms with van der Waals surface area (Å²) in [4.78, 5) is 48.0. The first kappa shape index (κ1) is 25.0. The number of aldehydes is 1. The minimum absolute atomic E-state index is 0.0195. The molecule has 8 nitrogen and oxygen atoms in total. The summed E-state index contributed by atoms with van der Waals surface area (Å²) in [6.45, 7) is 4.34. The third kappa shape index (κ3) is 8.41. The highest BCUT2D eigenvalue weighted by molar-refractivity contribution is 5.88. The molecule has 2 fully saturated rings. The molecule has 0 unspecified atom stereocenters. The molecule has 1 heterocycles. The molecule has 0 aromatic carbocycles. The molecule has 176 valence electrons. The number of hydrogen-bond acceptors (Lipinski definition) is 5. The van der Waals surface area contributed by atoms with E-state index in [9.17, 15) is 28.0 Å². The summed E-state index contributed by atoms with van der Waals surface area (Å²) in [7, 11) is 0. The van der Waals surface area contributed by atoms with Gasteiger partial charge in [-0.15, -0.1) is 0 Å². The van der Waals surface area contributed by atoms with Crippen LogP contribution in [0, 0.1) is 17.8 Å². The molecule has 10 heteroatoms. The number of nitrogens with one attached hydrogen (secondary N) is 3. The van der Waals surface area contributed by atoms with Gasteiger partial charge in [0.2, 0.25) is 17.7 Å². The molecule has 1 saturated carbocycles. The third-order valence-corrected chi connectivity index (χ3v) is 5.80.